The Labute approximate surface area is 387 Å². The number of carbonyl (C=O) groups excluding carboxylic acids is 4. The molecule has 0 spiro atoms. The maximum absolute atomic E-state index is 13.8. The number of amides is 2. The smallest absolute Gasteiger partial charge is 0.320 e. The normalized spacial score (nSPS) is 23.2. The van der Waals surface area contributed by atoms with Crippen LogP contribution in [0, 0.1) is 0 Å². The van der Waals surface area contributed by atoms with Crippen LogP contribution in [-0.2, 0) is 44.7 Å². The number of pyridine rings is 1. The number of nitrogen functional groups attached to an aromatic ring is 1. The molecule has 0 bridgehead atoms. The third-order valence-electron chi connectivity index (χ3n) is 11.6. The molecule has 1 aromatic heterocycles. The Balaban J connectivity index is 0.983. The Hall–Kier alpha value is -4.93. The van der Waals surface area contributed by atoms with Crippen LogP contribution in [0.1, 0.15) is 41.6 Å². The summed E-state index contributed by atoms with van der Waals surface area (Å²) in [6.07, 6.45) is 1.99. The average Bonchev–Trinajstić information content (AvgIpc) is 3.30. The van der Waals surface area contributed by atoms with Gasteiger partial charge in [0.2, 0.25) is 5.88 Å². The van der Waals surface area contributed by atoms with Crippen LogP contribution in [0.2, 0.25) is 5.02 Å². The molecule has 0 radical (unpaired) electrons. The van der Waals surface area contributed by atoms with Gasteiger partial charge in [-0.2, -0.15) is 4.98 Å². The lowest BCUT2D eigenvalue weighted by Gasteiger charge is -2.38. The first kappa shape index (κ1) is 49.5. The van der Waals surface area contributed by atoms with E-state index in [1.165, 1.54) is 12.1 Å². The standard InChI is InChI=1S/C43H59Cl2N9O11/c1-59-26-6-4-25(5-7-26)24-64-36(55)22-53-14-10-32(34(20-53)60-2)49-40(57)28-18-30(44)38(46)51-42(28)62-16-17-63-43-29(19-31(45)39(47)52-43)41(58)50-33-11-15-54(21-35(33)61-3)23-37(56)65-27-8-12-48-13-9-27/h4-7,18-19,27,32-35,42,48,51H,8-17,20-24,46H2,1-3H3,(H2,47,52)(H,49,57)(H,50,58)/t32-,33-,34-,35+,42?/m1/s1. The summed E-state index contributed by atoms with van der Waals surface area (Å²) in [5.74, 6) is -0.991. The molecule has 65 heavy (non-hydrogen) atoms. The van der Waals surface area contributed by atoms with Crippen LogP contribution in [0.3, 0.4) is 0 Å². The van der Waals surface area contributed by atoms with Crippen molar-refractivity contribution in [1.82, 2.24) is 36.1 Å². The van der Waals surface area contributed by atoms with Crippen molar-refractivity contribution in [3.05, 3.63) is 69.0 Å². The van der Waals surface area contributed by atoms with E-state index in [9.17, 15) is 19.2 Å². The first-order valence-corrected chi connectivity index (χ1v) is 22.2. The number of esters is 2. The Morgan fingerprint density at radius 3 is 2.11 bits per heavy atom. The molecule has 6 rings (SSSR count). The van der Waals surface area contributed by atoms with E-state index in [0.29, 0.717) is 44.8 Å². The Kier molecular flexibility index (Phi) is 18.3. The highest BCUT2D eigenvalue weighted by Crippen LogP contribution is 2.27. The number of nitrogens with zero attached hydrogens (tertiary/aromatic N) is 3. The monoisotopic (exact) mass is 947 g/mol. The third kappa shape index (κ3) is 14.0. The van der Waals surface area contributed by atoms with Crippen molar-refractivity contribution in [3.8, 4) is 11.6 Å². The highest BCUT2D eigenvalue weighted by molar-refractivity contribution is 6.33. The van der Waals surface area contributed by atoms with Crippen LogP contribution in [0.5, 0.6) is 11.6 Å². The van der Waals surface area contributed by atoms with E-state index in [0.717, 1.165) is 31.5 Å². The fourth-order valence-corrected chi connectivity index (χ4v) is 8.27. The third-order valence-corrected chi connectivity index (χ3v) is 12.2. The zero-order valence-electron chi connectivity index (χ0n) is 36.8. The molecule has 2 amide bonds. The van der Waals surface area contributed by atoms with Gasteiger partial charge < -0.3 is 65.9 Å². The molecule has 1 unspecified atom stereocenters. The lowest BCUT2D eigenvalue weighted by Crippen LogP contribution is -2.56. The second-order valence-electron chi connectivity index (χ2n) is 16.0. The van der Waals surface area contributed by atoms with Crippen molar-refractivity contribution >= 4 is 52.8 Å². The minimum Gasteiger partial charge on any atom is -0.497 e. The van der Waals surface area contributed by atoms with E-state index in [2.05, 4.69) is 26.3 Å². The van der Waals surface area contributed by atoms with E-state index in [-0.39, 0.29) is 89.7 Å². The number of dihydropyridines is 1. The predicted octanol–water partition coefficient (Wildman–Crippen LogP) is 1.01. The molecular formula is C43H59Cl2N9O11. The fourth-order valence-electron chi connectivity index (χ4n) is 7.94. The Morgan fingerprint density at radius 2 is 1.48 bits per heavy atom. The van der Waals surface area contributed by atoms with Gasteiger partial charge in [-0.3, -0.25) is 29.0 Å². The van der Waals surface area contributed by atoms with Gasteiger partial charge in [0.25, 0.3) is 11.8 Å². The molecule has 8 N–H and O–H groups in total. The number of nitrogens with two attached hydrogens (primary N) is 2. The molecule has 1 aromatic carbocycles. The summed E-state index contributed by atoms with van der Waals surface area (Å²) in [6.45, 7) is 3.51. The number of halogens is 2. The highest BCUT2D eigenvalue weighted by Gasteiger charge is 2.36. The number of hydrogen-bond donors (Lipinski definition) is 6. The average molecular weight is 949 g/mol. The van der Waals surface area contributed by atoms with E-state index in [4.69, 9.17) is 67.8 Å². The second kappa shape index (κ2) is 24.0. The minimum absolute atomic E-state index is 0.0333. The molecule has 3 saturated heterocycles. The number of methoxy groups -OCH3 is 3. The summed E-state index contributed by atoms with van der Waals surface area (Å²) in [7, 11) is 4.67. The van der Waals surface area contributed by atoms with Crippen molar-refractivity contribution in [3.63, 3.8) is 0 Å². The Morgan fingerprint density at radius 1 is 0.846 bits per heavy atom. The molecule has 5 heterocycles. The predicted molar refractivity (Wildman–Crippen MR) is 239 cm³/mol. The number of nitrogens with one attached hydrogen (secondary N) is 4. The minimum atomic E-state index is -1.03. The number of hydrogen-bond acceptors (Lipinski definition) is 18. The van der Waals surface area contributed by atoms with Crippen LogP contribution >= 0.6 is 23.2 Å². The highest BCUT2D eigenvalue weighted by atomic mass is 35.5. The van der Waals surface area contributed by atoms with Gasteiger partial charge in [-0.25, -0.2) is 0 Å². The van der Waals surface area contributed by atoms with Gasteiger partial charge in [0.05, 0.1) is 66.7 Å². The van der Waals surface area contributed by atoms with Gasteiger partial charge >= 0.3 is 11.9 Å². The molecule has 0 saturated carbocycles. The van der Waals surface area contributed by atoms with Crippen molar-refractivity contribution < 1.29 is 52.3 Å². The lowest BCUT2D eigenvalue weighted by atomic mass is 10.0. The quantitative estimate of drug-likeness (QED) is 0.0849. The lowest BCUT2D eigenvalue weighted by molar-refractivity contribution is -0.152. The first-order valence-electron chi connectivity index (χ1n) is 21.5. The molecule has 2 aromatic rings. The van der Waals surface area contributed by atoms with Gasteiger partial charge in [-0.1, -0.05) is 35.3 Å². The summed E-state index contributed by atoms with van der Waals surface area (Å²) < 4.78 is 39.8. The molecule has 20 nitrogen and oxygen atoms in total. The largest absolute Gasteiger partial charge is 0.497 e. The SMILES string of the molecule is COc1ccc(COC(=O)CN2CC[C@@H](NC(=O)C3=CC(Cl)=C(N)NC3OCCOc3nc(N)c(Cl)cc3C(=O)N[C@@H]3CCN(CC(=O)OC4CCNCC4)C[C@@H]3OC)[C@H](OC)C2)cc1. The molecule has 356 valence electrons. The molecule has 5 atom stereocenters. The van der Waals surface area contributed by atoms with Crippen molar-refractivity contribution in [1.29, 1.82) is 0 Å². The van der Waals surface area contributed by atoms with Crippen molar-refractivity contribution in [2.24, 2.45) is 5.73 Å². The van der Waals surface area contributed by atoms with E-state index < -0.39 is 42.3 Å². The van der Waals surface area contributed by atoms with Crippen LogP contribution in [-0.4, -0.2) is 162 Å². The Bertz CT molecular complexity index is 2040. The molecule has 0 aliphatic carbocycles. The van der Waals surface area contributed by atoms with Crippen molar-refractivity contribution in [2.75, 3.05) is 92.6 Å². The number of anilines is 1. The zero-order chi connectivity index (χ0) is 46.5. The topological polar surface area (TPSA) is 252 Å². The molecule has 3 fully saturated rings. The molecule has 4 aliphatic rings. The van der Waals surface area contributed by atoms with Crippen LogP contribution in [0.4, 0.5) is 5.82 Å². The summed E-state index contributed by atoms with van der Waals surface area (Å²) in [5.41, 5.74) is 13.1. The van der Waals surface area contributed by atoms with Crippen LogP contribution in [0.15, 0.2) is 52.8 Å². The zero-order valence-corrected chi connectivity index (χ0v) is 38.3. The number of benzene rings is 1. The summed E-state index contributed by atoms with van der Waals surface area (Å²) >= 11 is 12.7. The van der Waals surface area contributed by atoms with Gasteiger partial charge in [0, 0.05) is 40.4 Å². The molecule has 22 heteroatoms. The van der Waals surface area contributed by atoms with Crippen molar-refractivity contribution in [2.45, 2.75) is 68.9 Å². The number of ether oxygens (including phenoxy) is 7. The summed E-state index contributed by atoms with van der Waals surface area (Å²) in [5, 5.41) is 12.4. The molecular weight excluding hydrogens is 889 g/mol. The summed E-state index contributed by atoms with van der Waals surface area (Å²) in [4.78, 5) is 61.0. The second-order valence-corrected chi connectivity index (χ2v) is 16.8. The van der Waals surface area contributed by atoms with E-state index in [1.807, 2.05) is 21.9 Å². The van der Waals surface area contributed by atoms with Gasteiger partial charge in [-0.05, 0) is 68.6 Å². The van der Waals surface area contributed by atoms with E-state index >= 15 is 0 Å². The number of allylic oxidation sites excluding steroid dienone is 2. The van der Waals surface area contributed by atoms with Gasteiger partial charge in [0.15, 0.2) is 6.23 Å². The number of aromatic nitrogens is 1. The fraction of sp³-hybridized carbons (Fsp3) is 0.558. The summed E-state index contributed by atoms with van der Waals surface area (Å²) in [6, 6.07) is 7.83. The number of carbonyl (C=O) groups is 4. The van der Waals surface area contributed by atoms with Gasteiger partial charge in [0.1, 0.15) is 42.3 Å². The molecule has 4 aliphatic heterocycles. The maximum atomic E-state index is 13.8. The van der Waals surface area contributed by atoms with Crippen LogP contribution in [0.25, 0.3) is 0 Å². The van der Waals surface area contributed by atoms with E-state index in [1.54, 1.807) is 33.5 Å². The van der Waals surface area contributed by atoms with Crippen LogP contribution < -0.4 is 42.2 Å². The number of rotatable bonds is 19. The maximum Gasteiger partial charge on any atom is 0.320 e. The number of piperidine rings is 3. The van der Waals surface area contributed by atoms with Gasteiger partial charge in [-0.15, -0.1) is 0 Å². The first-order chi connectivity index (χ1) is 31.3. The number of likely N-dealkylation sites (tertiary alicyclic amines) is 2.